The maximum absolute atomic E-state index is 12.9. The Labute approximate surface area is 124 Å². The molecule has 1 aliphatic heterocycles. The zero-order valence-corrected chi connectivity index (χ0v) is 12.0. The van der Waals surface area contributed by atoms with Gasteiger partial charge >= 0.3 is 0 Å². The minimum atomic E-state index is -0.233. The maximum atomic E-state index is 12.9. The molecule has 112 valence electrons. The van der Waals surface area contributed by atoms with Gasteiger partial charge in [0.15, 0.2) is 0 Å². The third kappa shape index (κ3) is 3.93. The van der Waals surface area contributed by atoms with Crippen molar-refractivity contribution >= 4 is 0 Å². The minimum Gasteiger partial charge on any atom is -0.460 e. The Bertz CT molecular complexity index is 558. The molecule has 1 aliphatic rings. The Balaban J connectivity index is 1.47. The van der Waals surface area contributed by atoms with E-state index in [1.165, 1.54) is 18.6 Å². The molecule has 0 aliphatic carbocycles. The Morgan fingerprint density at radius 1 is 1.14 bits per heavy atom. The number of furan rings is 1. The van der Waals surface area contributed by atoms with Crippen LogP contribution < -0.4 is 5.32 Å². The lowest BCUT2D eigenvalue weighted by atomic mass is 10.1. The van der Waals surface area contributed by atoms with Crippen LogP contribution in [0.2, 0.25) is 0 Å². The minimum absolute atomic E-state index is 0.233. The van der Waals surface area contributed by atoms with Crippen molar-refractivity contribution in [2.24, 2.45) is 5.92 Å². The summed E-state index contributed by atoms with van der Waals surface area (Å²) in [5.41, 5.74) is 0.894. The molecule has 4 heteroatoms. The highest BCUT2D eigenvalue weighted by Gasteiger charge is 2.14. The number of nitrogens with one attached hydrogen (secondary N) is 1. The zero-order valence-electron chi connectivity index (χ0n) is 12.0. The fraction of sp³-hybridized carbons (Fsp3) is 0.412. The highest BCUT2D eigenvalue weighted by Crippen LogP contribution is 2.22. The predicted octanol–water partition coefficient (Wildman–Crippen LogP) is 3.60. The lowest BCUT2D eigenvalue weighted by Gasteiger charge is -2.07. The van der Waals surface area contributed by atoms with E-state index in [-0.39, 0.29) is 5.82 Å². The van der Waals surface area contributed by atoms with Crippen LogP contribution in [0.5, 0.6) is 0 Å². The van der Waals surface area contributed by atoms with E-state index in [0.717, 1.165) is 49.8 Å². The smallest absolute Gasteiger partial charge is 0.134 e. The molecule has 1 N–H and O–H groups in total. The average molecular weight is 289 g/mol. The van der Waals surface area contributed by atoms with Crippen LogP contribution >= 0.6 is 0 Å². The van der Waals surface area contributed by atoms with Crippen molar-refractivity contribution < 1.29 is 13.5 Å². The summed E-state index contributed by atoms with van der Waals surface area (Å²) in [5.74, 6) is 2.14. The summed E-state index contributed by atoms with van der Waals surface area (Å²) in [5, 5.41) is 3.39. The standard InChI is InChI=1S/C17H20FNO2/c18-15-3-1-14(2-4-15)17-6-5-16(21-17)11-19-9-7-13-8-10-20-12-13/h1-6,13,19H,7-12H2. The SMILES string of the molecule is Fc1ccc(-c2ccc(CNCCC3CCOC3)o2)cc1. The van der Waals surface area contributed by atoms with E-state index in [9.17, 15) is 4.39 Å². The molecule has 0 radical (unpaired) electrons. The molecule has 1 unspecified atom stereocenters. The molecule has 0 amide bonds. The number of hydrogen-bond donors (Lipinski definition) is 1. The molecule has 1 fully saturated rings. The molecular weight excluding hydrogens is 269 g/mol. The van der Waals surface area contributed by atoms with Gasteiger partial charge in [0, 0.05) is 18.8 Å². The van der Waals surface area contributed by atoms with E-state index >= 15 is 0 Å². The first-order chi connectivity index (χ1) is 10.3. The highest BCUT2D eigenvalue weighted by molar-refractivity contribution is 5.57. The topological polar surface area (TPSA) is 34.4 Å². The summed E-state index contributed by atoms with van der Waals surface area (Å²) in [4.78, 5) is 0. The maximum Gasteiger partial charge on any atom is 0.134 e. The number of hydrogen-bond acceptors (Lipinski definition) is 3. The first kappa shape index (κ1) is 14.3. The van der Waals surface area contributed by atoms with Gasteiger partial charge < -0.3 is 14.5 Å². The molecule has 2 heterocycles. The monoisotopic (exact) mass is 289 g/mol. The molecule has 2 aromatic rings. The number of rotatable bonds is 6. The second kappa shape index (κ2) is 6.87. The highest BCUT2D eigenvalue weighted by atomic mass is 19.1. The van der Waals surface area contributed by atoms with E-state index in [0.29, 0.717) is 5.92 Å². The molecule has 1 aromatic heterocycles. The average Bonchev–Trinajstić information content (AvgIpc) is 3.16. The van der Waals surface area contributed by atoms with Crippen molar-refractivity contribution in [3.63, 3.8) is 0 Å². The van der Waals surface area contributed by atoms with Gasteiger partial charge in [-0.3, -0.25) is 0 Å². The van der Waals surface area contributed by atoms with Gasteiger partial charge in [0.2, 0.25) is 0 Å². The lowest BCUT2D eigenvalue weighted by molar-refractivity contribution is 0.184. The van der Waals surface area contributed by atoms with Gasteiger partial charge in [0.05, 0.1) is 6.54 Å². The van der Waals surface area contributed by atoms with Gasteiger partial charge in [-0.05, 0) is 61.7 Å². The quantitative estimate of drug-likeness (QED) is 0.825. The van der Waals surface area contributed by atoms with Crippen LogP contribution in [0.3, 0.4) is 0 Å². The van der Waals surface area contributed by atoms with Crippen LogP contribution in [-0.2, 0) is 11.3 Å². The summed E-state index contributed by atoms with van der Waals surface area (Å²) in [6.45, 7) is 3.50. The first-order valence-electron chi connectivity index (χ1n) is 7.44. The molecule has 1 saturated heterocycles. The third-order valence-electron chi connectivity index (χ3n) is 3.84. The molecule has 1 aromatic carbocycles. The molecule has 1 atom stereocenters. The molecular formula is C17H20FNO2. The zero-order chi connectivity index (χ0) is 14.5. The molecule has 3 nitrogen and oxygen atoms in total. The fourth-order valence-corrected chi connectivity index (χ4v) is 2.57. The Morgan fingerprint density at radius 2 is 2.00 bits per heavy atom. The van der Waals surface area contributed by atoms with Crippen LogP contribution in [-0.4, -0.2) is 19.8 Å². The second-order valence-electron chi connectivity index (χ2n) is 5.47. The molecule has 0 spiro atoms. The summed E-state index contributed by atoms with van der Waals surface area (Å²) < 4.78 is 24.0. The number of benzene rings is 1. The van der Waals surface area contributed by atoms with E-state index in [4.69, 9.17) is 9.15 Å². The molecule has 3 rings (SSSR count). The van der Waals surface area contributed by atoms with E-state index in [1.807, 2.05) is 12.1 Å². The normalized spacial score (nSPS) is 18.2. The van der Waals surface area contributed by atoms with E-state index in [2.05, 4.69) is 5.32 Å². The predicted molar refractivity (Wildman–Crippen MR) is 79.4 cm³/mol. The van der Waals surface area contributed by atoms with Gasteiger partial charge in [0.25, 0.3) is 0 Å². The second-order valence-corrected chi connectivity index (χ2v) is 5.47. The van der Waals surface area contributed by atoms with Crippen molar-refractivity contribution in [1.29, 1.82) is 0 Å². The van der Waals surface area contributed by atoms with Crippen LogP contribution in [0, 0.1) is 11.7 Å². The van der Waals surface area contributed by atoms with Crippen LogP contribution in [0.1, 0.15) is 18.6 Å². The van der Waals surface area contributed by atoms with Crippen LogP contribution in [0.15, 0.2) is 40.8 Å². The third-order valence-corrected chi connectivity index (χ3v) is 3.84. The van der Waals surface area contributed by atoms with Crippen molar-refractivity contribution in [2.75, 3.05) is 19.8 Å². The summed E-state index contributed by atoms with van der Waals surface area (Å²) in [6.07, 6.45) is 2.32. The van der Waals surface area contributed by atoms with Crippen LogP contribution in [0.25, 0.3) is 11.3 Å². The molecule has 0 saturated carbocycles. The molecule has 21 heavy (non-hydrogen) atoms. The Morgan fingerprint density at radius 3 is 2.76 bits per heavy atom. The summed E-state index contributed by atoms with van der Waals surface area (Å²) >= 11 is 0. The van der Waals surface area contributed by atoms with Crippen molar-refractivity contribution in [2.45, 2.75) is 19.4 Å². The summed E-state index contributed by atoms with van der Waals surface area (Å²) in [7, 11) is 0. The van der Waals surface area contributed by atoms with Gasteiger partial charge in [-0.15, -0.1) is 0 Å². The van der Waals surface area contributed by atoms with E-state index in [1.54, 1.807) is 12.1 Å². The first-order valence-corrected chi connectivity index (χ1v) is 7.44. The van der Waals surface area contributed by atoms with Gasteiger partial charge in [0.1, 0.15) is 17.3 Å². The lowest BCUT2D eigenvalue weighted by Crippen LogP contribution is -2.17. The number of ether oxygens (including phenoxy) is 1. The van der Waals surface area contributed by atoms with Gasteiger partial charge in [-0.1, -0.05) is 0 Å². The summed E-state index contributed by atoms with van der Waals surface area (Å²) in [6, 6.07) is 10.2. The van der Waals surface area contributed by atoms with Crippen molar-refractivity contribution in [1.82, 2.24) is 5.32 Å². The fourth-order valence-electron chi connectivity index (χ4n) is 2.57. The van der Waals surface area contributed by atoms with Gasteiger partial charge in [-0.2, -0.15) is 0 Å². The largest absolute Gasteiger partial charge is 0.460 e. The van der Waals surface area contributed by atoms with Crippen LogP contribution in [0.4, 0.5) is 4.39 Å². The molecule has 0 bridgehead atoms. The van der Waals surface area contributed by atoms with E-state index < -0.39 is 0 Å². The Kier molecular flexibility index (Phi) is 4.68. The van der Waals surface area contributed by atoms with Crippen molar-refractivity contribution in [3.8, 4) is 11.3 Å². The van der Waals surface area contributed by atoms with Crippen molar-refractivity contribution in [3.05, 3.63) is 48.0 Å². The van der Waals surface area contributed by atoms with Gasteiger partial charge in [-0.25, -0.2) is 4.39 Å². The number of halogens is 1. The Hall–Kier alpha value is -1.65.